The Morgan fingerprint density at radius 3 is 2.22 bits per heavy atom. The molecule has 6 heteroatoms. The summed E-state index contributed by atoms with van der Waals surface area (Å²) in [4.78, 5) is 25.1. The molecule has 2 amide bonds. The number of hydrogen-bond donors (Lipinski definition) is 2. The van der Waals surface area contributed by atoms with E-state index in [0.29, 0.717) is 17.9 Å². The average Bonchev–Trinajstić information content (AvgIpc) is 2.70. The van der Waals surface area contributed by atoms with Crippen LogP contribution < -0.4 is 20.1 Å². The normalized spacial score (nSPS) is 11.6. The van der Waals surface area contributed by atoms with E-state index < -0.39 is 6.04 Å². The van der Waals surface area contributed by atoms with E-state index in [4.69, 9.17) is 9.47 Å². The molecule has 0 aliphatic carbocycles. The van der Waals surface area contributed by atoms with Gasteiger partial charge in [0.25, 0.3) is 5.91 Å². The molecule has 0 unspecified atom stereocenters. The largest absolute Gasteiger partial charge is 0.497 e. The van der Waals surface area contributed by atoms with Crippen LogP contribution in [0.3, 0.4) is 0 Å². The first kappa shape index (κ1) is 20.3. The van der Waals surface area contributed by atoms with Crippen LogP contribution in [-0.2, 0) is 11.3 Å². The molecule has 6 nitrogen and oxygen atoms in total. The Kier molecular flexibility index (Phi) is 7.23. The minimum Gasteiger partial charge on any atom is -0.497 e. The molecular formula is C21H26N2O4. The van der Waals surface area contributed by atoms with E-state index in [9.17, 15) is 9.59 Å². The molecule has 2 N–H and O–H groups in total. The van der Waals surface area contributed by atoms with Crippen molar-refractivity contribution in [3.05, 3.63) is 59.7 Å². The Morgan fingerprint density at radius 1 is 0.963 bits per heavy atom. The van der Waals surface area contributed by atoms with Crippen LogP contribution in [-0.4, -0.2) is 32.1 Å². The smallest absolute Gasteiger partial charge is 0.251 e. The van der Waals surface area contributed by atoms with Crippen molar-refractivity contribution in [3.63, 3.8) is 0 Å². The van der Waals surface area contributed by atoms with Gasteiger partial charge in [-0.25, -0.2) is 0 Å². The summed E-state index contributed by atoms with van der Waals surface area (Å²) in [6, 6.07) is 13.6. The van der Waals surface area contributed by atoms with Gasteiger partial charge in [0.15, 0.2) is 0 Å². The number of nitrogens with one attached hydrogen (secondary N) is 2. The van der Waals surface area contributed by atoms with Crippen molar-refractivity contribution in [2.75, 3.05) is 14.2 Å². The molecule has 0 spiro atoms. The summed E-state index contributed by atoms with van der Waals surface area (Å²) in [6.07, 6.45) is 0. The second-order valence-corrected chi connectivity index (χ2v) is 6.49. The predicted molar refractivity (Wildman–Crippen MR) is 104 cm³/mol. The lowest BCUT2D eigenvalue weighted by Crippen LogP contribution is -2.49. The zero-order chi connectivity index (χ0) is 19.8. The number of rotatable bonds is 8. The third-order valence-electron chi connectivity index (χ3n) is 4.19. The zero-order valence-corrected chi connectivity index (χ0v) is 16.1. The Bertz CT molecular complexity index is 772. The fourth-order valence-corrected chi connectivity index (χ4v) is 2.58. The van der Waals surface area contributed by atoms with Gasteiger partial charge in [0.2, 0.25) is 5.91 Å². The molecule has 0 saturated carbocycles. The third-order valence-corrected chi connectivity index (χ3v) is 4.19. The zero-order valence-electron chi connectivity index (χ0n) is 16.1. The molecule has 0 saturated heterocycles. The topological polar surface area (TPSA) is 76.7 Å². The SMILES string of the molecule is COc1ccc(C(=O)N[C@H](C(=O)NCc2cccc(OC)c2)C(C)C)cc1. The maximum atomic E-state index is 12.6. The predicted octanol–water partition coefficient (Wildman–Crippen LogP) is 2.77. The van der Waals surface area contributed by atoms with E-state index in [0.717, 1.165) is 11.3 Å². The summed E-state index contributed by atoms with van der Waals surface area (Å²) in [6.45, 7) is 4.14. The van der Waals surface area contributed by atoms with Crippen molar-refractivity contribution in [2.45, 2.75) is 26.4 Å². The fourth-order valence-electron chi connectivity index (χ4n) is 2.58. The van der Waals surface area contributed by atoms with Gasteiger partial charge >= 0.3 is 0 Å². The highest BCUT2D eigenvalue weighted by Gasteiger charge is 2.24. The van der Waals surface area contributed by atoms with Gasteiger partial charge in [0.1, 0.15) is 17.5 Å². The number of carbonyl (C=O) groups is 2. The molecule has 0 aliphatic rings. The molecule has 2 rings (SSSR count). The van der Waals surface area contributed by atoms with Crippen molar-refractivity contribution in [2.24, 2.45) is 5.92 Å². The van der Waals surface area contributed by atoms with Gasteiger partial charge in [-0.05, 0) is 47.9 Å². The minimum atomic E-state index is -0.634. The lowest BCUT2D eigenvalue weighted by atomic mass is 10.0. The van der Waals surface area contributed by atoms with Gasteiger partial charge in [0.05, 0.1) is 14.2 Å². The van der Waals surface area contributed by atoms with Crippen LogP contribution in [0.2, 0.25) is 0 Å². The quantitative estimate of drug-likeness (QED) is 0.749. The Morgan fingerprint density at radius 2 is 1.63 bits per heavy atom. The van der Waals surface area contributed by atoms with Crippen LogP contribution in [0.25, 0.3) is 0 Å². The average molecular weight is 370 g/mol. The highest BCUT2D eigenvalue weighted by Crippen LogP contribution is 2.14. The standard InChI is InChI=1S/C21H26N2O4/c1-14(2)19(23-20(24)16-8-10-17(26-3)11-9-16)21(25)22-13-15-6-5-7-18(12-15)27-4/h5-12,14,19H,13H2,1-4H3,(H,22,25)(H,23,24)/t19-/m0/s1. The highest BCUT2D eigenvalue weighted by molar-refractivity contribution is 5.97. The molecule has 2 aromatic rings. The van der Waals surface area contributed by atoms with Gasteiger partial charge in [0, 0.05) is 12.1 Å². The van der Waals surface area contributed by atoms with Crippen molar-refractivity contribution < 1.29 is 19.1 Å². The first-order chi connectivity index (χ1) is 12.9. The number of ether oxygens (including phenoxy) is 2. The molecular weight excluding hydrogens is 344 g/mol. The number of amides is 2. The lowest BCUT2D eigenvalue weighted by molar-refractivity contribution is -0.124. The van der Waals surface area contributed by atoms with Crippen LogP contribution in [0, 0.1) is 5.92 Å². The van der Waals surface area contributed by atoms with Gasteiger partial charge in [-0.15, -0.1) is 0 Å². The molecule has 0 bridgehead atoms. The Labute approximate surface area is 159 Å². The second-order valence-electron chi connectivity index (χ2n) is 6.49. The van der Waals surface area contributed by atoms with Crippen LogP contribution in [0.15, 0.2) is 48.5 Å². The van der Waals surface area contributed by atoms with E-state index in [2.05, 4.69) is 10.6 Å². The van der Waals surface area contributed by atoms with Gasteiger partial charge < -0.3 is 20.1 Å². The maximum Gasteiger partial charge on any atom is 0.251 e. The van der Waals surface area contributed by atoms with E-state index in [-0.39, 0.29) is 17.7 Å². The Hall–Kier alpha value is -3.02. The highest BCUT2D eigenvalue weighted by atomic mass is 16.5. The van der Waals surface area contributed by atoms with Gasteiger partial charge in [-0.2, -0.15) is 0 Å². The third kappa shape index (κ3) is 5.74. The van der Waals surface area contributed by atoms with E-state index in [1.165, 1.54) is 0 Å². The number of hydrogen-bond acceptors (Lipinski definition) is 4. The van der Waals surface area contributed by atoms with E-state index in [1.54, 1.807) is 38.5 Å². The summed E-state index contributed by atoms with van der Waals surface area (Å²) in [5.41, 5.74) is 1.40. The van der Waals surface area contributed by atoms with Crippen LogP contribution >= 0.6 is 0 Å². The van der Waals surface area contributed by atoms with Crippen molar-refractivity contribution >= 4 is 11.8 Å². The van der Waals surface area contributed by atoms with Crippen LogP contribution in [0.1, 0.15) is 29.8 Å². The molecule has 0 aromatic heterocycles. The van der Waals surface area contributed by atoms with Crippen LogP contribution in [0.4, 0.5) is 0 Å². The molecule has 0 heterocycles. The second kappa shape index (κ2) is 9.62. The Balaban J connectivity index is 2.00. The first-order valence-corrected chi connectivity index (χ1v) is 8.80. The molecule has 27 heavy (non-hydrogen) atoms. The number of benzene rings is 2. The molecule has 0 radical (unpaired) electrons. The fraction of sp³-hybridized carbons (Fsp3) is 0.333. The maximum absolute atomic E-state index is 12.6. The van der Waals surface area contributed by atoms with Crippen LogP contribution in [0.5, 0.6) is 11.5 Å². The summed E-state index contributed by atoms with van der Waals surface area (Å²) in [7, 11) is 3.16. The molecule has 1 atom stereocenters. The van der Waals surface area contributed by atoms with E-state index >= 15 is 0 Å². The van der Waals surface area contributed by atoms with Crippen molar-refractivity contribution in [1.29, 1.82) is 0 Å². The molecule has 0 aliphatic heterocycles. The first-order valence-electron chi connectivity index (χ1n) is 8.80. The summed E-state index contributed by atoms with van der Waals surface area (Å²) in [5.74, 6) is 0.818. The minimum absolute atomic E-state index is 0.0579. The molecule has 2 aromatic carbocycles. The van der Waals surface area contributed by atoms with Gasteiger partial charge in [-0.1, -0.05) is 26.0 Å². The number of methoxy groups -OCH3 is 2. The number of carbonyl (C=O) groups excluding carboxylic acids is 2. The van der Waals surface area contributed by atoms with Gasteiger partial charge in [-0.3, -0.25) is 9.59 Å². The summed E-state index contributed by atoms with van der Waals surface area (Å²) < 4.78 is 10.3. The summed E-state index contributed by atoms with van der Waals surface area (Å²) in [5, 5.41) is 5.69. The van der Waals surface area contributed by atoms with Crippen molar-refractivity contribution in [1.82, 2.24) is 10.6 Å². The van der Waals surface area contributed by atoms with Crippen molar-refractivity contribution in [3.8, 4) is 11.5 Å². The molecule has 144 valence electrons. The molecule has 0 fully saturated rings. The summed E-state index contributed by atoms with van der Waals surface area (Å²) >= 11 is 0. The lowest BCUT2D eigenvalue weighted by Gasteiger charge is -2.22. The monoisotopic (exact) mass is 370 g/mol. The van der Waals surface area contributed by atoms with E-state index in [1.807, 2.05) is 38.1 Å².